The molecule has 0 aliphatic heterocycles. The smallest absolute Gasteiger partial charge is 0.240 e. The third kappa shape index (κ3) is 1.39. The molecule has 0 aromatic carbocycles. The van der Waals surface area contributed by atoms with Gasteiger partial charge in [0.05, 0.1) is 6.07 Å². The quantitative estimate of drug-likeness (QED) is 0.720. The number of carbonyl (C=O) groups excluding carboxylic acids is 1. The monoisotopic (exact) mass is 192 g/mol. The molecule has 2 aliphatic rings. The van der Waals surface area contributed by atoms with Crippen molar-refractivity contribution in [2.24, 2.45) is 17.3 Å². The van der Waals surface area contributed by atoms with Crippen molar-refractivity contribution in [3.05, 3.63) is 0 Å². The van der Waals surface area contributed by atoms with E-state index in [-0.39, 0.29) is 5.91 Å². The lowest BCUT2D eigenvalue weighted by molar-refractivity contribution is -0.134. The van der Waals surface area contributed by atoms with E-state index in [4.69, 9.17) is 5.26 Å². The first-order valence-electron chi connectivity index (χ1n) is 5.29. The maximum Gasteiger partial charge on any atom is 0.240 e. The maximum atomic E-state index is 11.8. The maximum absolute atomic E-state index is 11.8. The molecular weight excluding hydrogens is 176 g/mol. The highest BCUT2D eigenvalue weighted by Gasteiger charge is 2.50. The first kappa shape index (κ1) is 9.51. The molecule has 2 atom stereocenters. The minimum Gasteiger partial charge on any atom is -0.352 e. The summed E-state index contributed by atoms with van der Waals surface area (Å²) in [6.45, 7) is 4.20. The fraction of sp³-hybridized carbons (Fsp3) is 0.818. The van der Waals surface area contributed by atoms with Crippen LogP contribution in [0.25, 0.3) is 0 Å². The van der Waals surface area contributed by atoms with Gasteiger partial charge in [0.15, 0.2) is 0 Å². The van der Waals surface area contributed by atoms with Gasteiger partial charge in [0.1, 0.15) is 5.41 Å². The first-order valence-corrected chi connectivity index (χ1v) is 5.29. The molecule has 0 aromatic rings. The van der Waals surface area contributed by atoms with Crippen molar-refractivity contribution in [1.29, 1.82) is 5.26 Å². The number of nitriles is 1. The van der Waals surface area contributed by atoms with E-state index in [1.54, 1.807) is 0 Å². The summed E-state index contributed by atoms with van der Waals surface area (Å²) in [5.41, 5.74) is -0.693. The van der Waals surface area contributed by atoms with E-state index in [1.807, 2.05) is 0 Å². The van der Waals surface area contributed by atoms with Crippen LogP contribution < -0.4 is 5.32 Å². The summed E-state index contributed by atoms with van der Waals surface area (Å²) in [5.74, 6) is 1.09. The van der Waals surface area contributed by atoms with Gasteiger partial charge in [-0.3, -0.25) is 4.79 Å². The van der Waals surface area contributed by atoms with Gasteiger partial charge >= 0.3 is 0 Å². The van der Waals surface area contributed by atoms with Crippen LogP contribution in [0.1, 0.15) is 33.1 Å². The van der Waals surface area contributed by atoms with Crippen LogP contribution in [0.3, 0.4) is 0 Å². The van der Waals surface area contributed by atoms with Gasteiger partial charge < -0.3 is 5.32 Å². The molecule has 1 amide bonds. The van der Waals surface area contributed by atoms with Crippen molar-refractivity contribution in [3.63, 3.8) is 0 Å². The number of hydrogen-bond donors (Lipinski definition) is 1. The van der Waals surface area contributed by atoms with Gasteiger partial charge in [-0.05, 0) is 31.1 Å². The molecule has 0 spiro atoms. The topological polar surface area (TPSA) is 52.9 Å². The zero-order valence-corrected chi connectivity index (χ0v) is 8.71. The zero-order chi connectivity index (χ0) is 10.3. The van der Waals surface area contributed by atoms with Crippen LogP contribution in [0, 0.1) is 28.6 Å². The molecule has 0 bridgehead atoms. The standard InChI is InChI=1S/C11H16N2O/c1-7-4-11(5-7,6-12)10(14)13-9-3-8(9)2/h7-9H,3-5H2,1-2H3,(H,13,14). The predicted octanol–water partition coefficient (Wildman–Crippen LogP) is 1.45. The molecule has 0 aromatic heterocycles. The summed E-state index contributed by atoms with van der Waals surface area (Å²) in [5, 5.41) is 12.0. The molecule has 2 aliphatic carbocycles. The zero-order valence-electron chi connectivity index (χ0n) is 8.71. The second-order valence-electron chi connectivity index (χ2n) is 5.00. The van der Waals surface area contributed by atoms with Gasteiger partial charge in [0, 0.05) is 6.04 Å². The third-order valence-electron chi connectivity index (χ3n) is 3.47. The molecular formula is C11H16N2O. The van der Waals surface area contributed by atoms with E-state index in [0.29, 0.717) is 17.9 Å². The Balaban J connectivity index is 1.93. The van der Waals surface area contributed by atoms with Gasteiger partial charge in [0.2, 0.25) is 5.91 Å². The van der Waals surface area contributed by atoms with Crippen LogP contribution in [0.15, 0.2) is 0 Å². The number of nitrogens with zero attached hydrogens (tertiary/aromatic N) is 1. The van der Waals surface area contributed by atoms with Crippen molar-refractivity contribution in [2.75, 3.05) is 0 Å². The normalized spacial score (nSPS) is 44.8. The van der Waals surface area contributed by atoms with Crippen LogP contribution in [0.4, 0.5) is 0 Å². The van der Waals surface area contributed by atoms with Gasteiger partial charge in [-0.1, -0.05) is 13.8 Å². The van der Waals surface area contributed by atoms with Gasteiger partial charge in [0.25, 0.3) is 0 Å². The second kappa shape index (κ2) is 2.98. The summed E-state index contributed by atoms with van der Waals surface area (Å²) in [7, 11) is 0. The van der Waals surface area contributed by atoms with E-state index in [2.05, 4.69) is 25.2 Å². The molecule has 76 valence electrons. The average molecular weight is 192 g/mol. The number of carbonyl (C=O) groups is 1. The van der Waals surface area contributed by atoms with Gasteiger partial charge in [-0.15, -0.1) is 0 Å². The summed E-state index contributed by atoms with van der Waals surface area (Å²) < 4.78 is 0. The molecule has 3 nitrogen and oxygen atoms in total. The van der Waals surface area contributed by atoms with Crippen molar-refractivity contribution in [1.82, 2.24) is 5.32 Å². The minimum atomic E-state index is -0.693. The Morgan fingerprint density at radius 1 is 1.50 bits per heavy atom. The van der Waals surface area contributed by atoms with E-state index < -0.39 is 5.41 Å². The van der Waals surface area contributed by atoms with Crippen LogP contribution in [0.2, 0.25) is 0 Å². The highest BCUT2D eigenvalue weighted by Crippen LogP contribution is 2.45. The SMILES string of the molecule is CC1CC(C#N)(C(=O)NC2CC2C)C1. The van der Waals surface area contributed by atoms with E-state index in [9.17, 15) is 4.79 Å². The third-order valence-corrected chi connectivity index (χ3v) is 3.47. The van der Waals surface area contributed by atoms with E-state index >= 15 is 0 Å². The Kier molecular flexibility index (Phi) is 2.02. The highest BCUT2D eigenvalue weighted by atomic mass is 16.2. The number of hydrogen-bond acceptors (Lipinski definition) is 2. The lowest BCUT2D eigenvalue weighted by Crippen LogP contribution is -2.48. The molecule has 2 rings (SSSR count). The van der Waals surface area contributed by atoms with Crippen LogP contribution in [-0.4, -0.2) is 11.9 Å². The number of nitrogens with one attached hydrogen (secondary N) is 1. The molecule has 2 unspecified atom stereocenters. The summed E-state index contributed by atoms with van der Waals surface area (Å²) in [6, 6.07) is 2.52. The van der Waals surface area contributed by atoms with Gasteiger partial charge in [-0.2, -0.15) is 5.26 Å². The largest absolute Gasteiger partial charge is 0.352 e. The van der Waals surface area contributed by atoms with Crippen LogP contribution in [-0.2, 0) is 4.79 Å². The molecule has 1 N–H and O–H groups in total. The highest BCUT2D eigenvalue weighted by molar-refractivity contribution is 5.87. The van der Waals surface area contributed by atoms with Crippen molar-refractivity contribution in [2.45, 2.75) is 39.2 Å². The van der Waals surface area contributed by atoms with Crippen LogP contribution >= 0.6 is 0 Å². The molecule has 0 saturated heterocycles. The Bertz CT molecular complexity index is 299. The Labute approximate surface area is 84.5 Å². The van der Waals surface area contributed by atoms with Crippen molar-refractivity contribution in [3.8, 4) is 6.07 Å². The number of amides is 1. The first-order chi connectivity index (χ1) is 6.57. The molecule has 3 heteroatoms. The van der Waals surface area contributed by atoms with Crippen LogP contribution in [0.5, 0.6) is 0 Å². The predicted molar refractivity (Wildman–Crippen MR) is 52.2 cm³/mol. The lowest BCUT2D eigenvalue weighted by atomic mass is 9.63. The lowest BCUT2D eigenvalue weighted by Gasteiger charge is -2.39. The van der Waals surface area contributed by atoms with Crippen molar-refractivity contribution < 1.29 is 4.79 Å². The molecule has 2 saturated carbocycles. The summed E-state index contributed by atoms with van der Waals surface area (Å²) in [4.78, 5) is 11.8. The Morgan fingerprint density at radius 2 is 2.07 bits per heavy atom. The average Bonchev–Trinajstić information content (AvgIpc) is 2.75. The summed E-state index contributed by atoms with van der Waals surface area (Å²) >= 11 is 0. The molecule has 0 radical (unpaired) electrons. The van der Waals surface area contributed by atoms with Gasteiger partial charge in [-0.25, -0.2) is 0 Å². The van der Waals surface area contributed by atoms with E-state index in [0.717, 1.165) is 19.3 Å². The fourth-order valence-electron chi connectivity index (χ4n) is 2.29. The second-order valence-corrected chi connectivity index (χ2v) is 5.00. The van der Waals surface area contributed by atoms with E-state index in [1.165, 1.54) is 0 Å². The van der Waals surface area contributed by atoms with Crippen molar-refractivity contribution >= 4 is 5.91 Å². The molecule has 2 fully saturated rings. The Hall–Kier alpha value is -1.04. The fourth-order valence-corrected chi connectivity index (χ4v) is 2.29. The number of rotatable bonds is 2. The molecule has 0 heterocycles. The molecule has 14 heavy (non-hydrogen) atoms. The Morgan fingerprint density at radius 3 is 2.43 bits per heavy atom. The summed E-state index contributed by atoms with van der Waals surface area (Å²) in [6.07, 6.45) is 2.54. The minimum absolute atomic E-state index is 0.0348.